The molecular formula is C17H16F4N2O2. The van der Waals surface area contributed by atoms with Crippen molar-refractivity contribution in [3.8, 4) is 5.75 Å². The number of carbonyl (C=O) groups excluding carboxylic acids is 1. The van der Waals surface area contributed by atoms with E-state index in [4.69, 9.17) is 0 Å². The Morgan fingerprint density at radius 3 is 2.28 bits per heavy atom. The minimum absolute atomic E-state index is 0.0310. The number of hydrogen-bond donors (Lipinski definition) is 1. The van der Waals surface area contributed by atoms with Crippen LogP contribution in [0.1, 0.15) is 18.5 Å². The van der Waals surface area contributed by atoms with Gasteiger partial charge in [-0.15, -0.1) is 0 Å². The van der Waals surface area contributed by atoms with Crippen molar-refractivity contribution >= 4 is 11.7 Å². The number of nitrogens with zero attached hydrogens (tertiary/aromatic N) is 1. The molecule has 0 aliphatic heterocycles. The molecule has 0 bridgehead atoms. The fraction of sp³-hybridized carbons (Fsp3) is 0.235. The van der Waals surface area contributed by atoms with Crippen LogP contribution in [0.4, 0.5) is 28.0 Å². The lowest BCUT2D eigenvalue weighted by Gasteiger charge is -2.25. The van der Waals surface area contributed by atoms with Crippen molar-refractivity contribution in [2.45, 2.75) is 19.6 Å². The number of alkyl halides is 2. The maximum atomic E-state index is 13.3. The first-order valence-corrected chi connectivity index (χ1v) is 7.31. The Balaban J connectivity index is 2.02. The number of carbonyl (C=O) groups is 1. The summed E-state index contributed by atoms with van der Waals surface area (Å²) in [5.41, 5.74) is 0.799. The van der Waals surface area contributed by atoms with Gasteiger partial charge in [0.2, 0.25) is 0 Å². The van der Waals surface area contributed by atoms with Crippen LogP contribution in [-0.2, 0) is 0 Å². The zero-order valence-corrected chi connectivity index (χ0v) is 13.5. The van der Waals surface area contributed by atoms with Crippen LogP contribution in [0.2, 0.25) is 0 Å². The first-order valence-electron chi connectivity index (χ1n) is 7.31. The van der Waals surface area contributed by atoms with Gasteiger partial charge in [0.05, 0.1) is 6.04 Å². The van der Waals surface area contributed by atoms with Crippen molar-refractivity contribution in [3.05, 3.63) is 59.7 Å². The van der Waals surface area contributed by atoms with E-state index in [1.807, 2.05) is 0 Å². The summed E-state index contributed by atoms with van der Waals surface area (Å²) in [5, 5.41) is 2.57. The minimum Gasteiger partial charge on any atom is -0.435 e. The second kappa shape index (κ2) is 7.87. The quantitative estimate of drug-likeness (QED) is 0.783. The van der Waals surface area contributed by atoms with Crippen LogP contribution in [-0.4, -0.2) is 24.6 Å². The van der Waals surface area contributed by atoms with Crippen molar-refractivity contribution in [1.29, 1.82) is 0 Å². The normalized spacial score (nSPS) is 12.0. The SMILES string of the molecule is C[C@@H](c1ccc(F)c(F)c1)N(C)C(=O)Nc1ccc(OC(F)F)cc1. The molecule has 2 rings (SSSR count). The summed E-state index contributed by atoms with van der Waals surface area (Å²) in [7, 11) is 1.50. The summed E-state index contributed by atoms with van der Waals surface area (Å²) in [6.07, 6.45) is 0. The van der Waals surface area contributed by atoms with Gasteiger partial charge < -0.3 is 15.0 Å². The van der Waals surface area contributed by atoms with Gasteiger partial charge in [0.25, 0.3) is 0 Å². The molecule has 0 saturated heterocycles. The monoisotopic (exact) mass is 356 g/mol. The van der Waals surface area contributed by atoms with Crippen molar-refractivity contribution in [3.63, 3.8) is 0 Å². The molecule has 0 unspecified atom stereocenters. The van der Waals surface area contributed by atoms with Crippen molar-refractivity contribution in [2.24, 2.45) is 0 Å². The number of ether oxygens (including phenoxy) is 1. The molecule has 0 fully saturated rings. The van der Waals surface area contributed by atoms with Gasteiger partial charge in [-0.25, -0.2) is 13.6 Å². The molecule has 8 heteroatoms. The van der Waals surface area contributed by atoms with E-state index in [-0.39, 0.29) is 5.75 Å². The molecule has 134 valence electrons. The molecule has 0 spiro atoms. The highest BCUT2D eigenvalue weighted by molar-refractivity contribution is 5.89. The van der Waals surface area contributed by atoms with E-state index in [1.165, 1.54) is 42.3 Å². The predicted molar refractivity (Wildman–Crippen MR) is 84.6 cm³/mol. The summed E-state index contributed by atoms with van der Waals surface area (Å²) >= 11 is 0. The highest BCUT2D eigenvalue weighted by atomic mass is 19.3. The Morgan fingerprint density at radius 2 is 1.72 bits per heavy atom. The smallest absolute Gasteiger partial charge is 0.387 e. The Hall–Kier alpha value is -2.77. The summed E-state index contributed by atoms with van der Waals surface area (Å²) in [5.74, 6) is -1.99. The van der Waals surface area contributed by atoms with Gasteiger partial charge in [-0.1, -0.05) is 6.07 Å². The molecule has 2 amide bonds. The van der Waals surface area contributed by atoms with E-state index in [9.17, 15) is 22.4 Å². The number of anilines is 1. The molecule has 2 aromatic rings. The number of urea groups is 1. The van der Waals surface area contributed by atoms with E-state index in [0.29, 0.717) is 11.3 Å². The number of amides is 2. The third kappa shape index (κ3) is 4.85. The van der Waals surface area contributed by atoms with Crippen LogP contribution in [0.15, 0.2) is 42.5 Å². The number of hydrogen-bond acceptors (Lipinski definition) is 2. The minimum atomic E-state index is -2.93. The Labute approximate surface area is 142 Å². The molecule has 1 atom stereocenters. The second-order valence-corrected chi connectivity index (χ2v) is 5.29. The van der Waals surface area contributed by atoms with E-state index in [1.54, 1.807) is 6.92 Å². The molecule has 4 nitrogen and oxygen atoms in total. The Kier molecular flexibility index (Phi) is 5.84. The fourth-order valence-corrected chi connectivity index (χ4v) is 2.10. The first kappa shape index (κ1) is 18.6. The first-order chi connectivity index (χ1) is 11.8. The van der Waals surface area contributed by atoms with Gasteiger partial charge in [0.1, 0.15) is 5.75 Å². The molecular weight excluding hydrogens is 340 g/mol. The topological polar surface area (TPSA) is 41.6 Å². The van der Waals surface area contributed by atoms with Crippen LogP contribution >= 0.6 is 0 Å². The van der Waals surface area contributed by atoms with E-state index >= 15 is 0 Å². The number of halogens is 4. The van der Waals surface area contributed by atoms with Gasteiger partial charge in [-0.2, -0.15) is 8.78 Å². The standard InChI is InChI=1S/C17H16F4N2O2/c1-10(11-3-8-14(18)15(19)9-11)23(2)17(24)22-12-4-6-13(7-5-12)25-16(20)21/h3-10,16H,1-2H3,(H,22,24)/t10-/m0/s1. The lowest BCUT2D eigenvalue weighted by atomic mass is 10.1. The number of nitrogens with one attached hydrogen (secondary N) is 1. The molecule has 1 N–H and O–H groups in total. The third-order valence-electron chi connectivity index (χ3n) is 3.66. The molecule has 0 radical (unpaired) electrons. The summed E-state index contributed by atoms with van der Waals surface area (Å²) < 4.78 is 54.7. The molecule has 0 aromatic heterocycles. The molecule has 0 aliphatic carbocycles. The van der Waals surface area contributed by atoms with Crippen LogP contribution in [0.25, 0.3) is 0 Å². The highest BCUT2D eigenvalue weighted by Crippen LogP contribution is 2.23. The summed E-state index contributed by atoms with van der Waals surface area (Å²) in [6, 6.07) is 7.80. The number of benzene rings is 2. The van der Waals surface area contributed by atoms with E-state index < -0.39 is 30.3 Å². The maximum absolute atomic E-state index is 13.3. The molecule has 0 aliphatic rings. The van der Waals surface area contributed by atoms with Gasteiger partial charge in [-0.3, -0.25) is 0 Å². The zero-order valence-electron chi connectivity index (χ0n) is 13.5. The second-order valence-electron chi connectivity index (χ2n) is 5.29. The van der Waals surface area contributed by atoms with Crippen molar-refractivity contribution < 1.29 is 27.1 Å². The Bertz CT molecular complexity index is 738. The van der Waals surface area contributed by atoms with Gasteiger partial charge in [0, 0.05) is 12.7 Å². The maximum Gasteiger partial charge on any atom is 0.387 e. The zero-order chi connectivity index (χ0) is 18.6. The van der Waals surface area contributed by atoms with Crippen LogP contribution in [0.5, 0.6) is 5.75 Å². The van der Waals surface area contributed by atoms with E-state index in [0.717, 1.165) is 12.1 Å². The predicted octanol–water partition coefficient (Wildman–Crippen LogP) is 4.79. The van der Waals surface area contributed by atoms with Crippen LogP contribution in [0, 0.1) is 11.6 Å². The number of rotatable bonds is 5. The third-order valence-corrected chi connectivity index (χ3v) is 3.66. The fourth-order valence-electron chi connectivity index (χ4n) is 2.10. The van der Waals surface area contributed by atoms with Crippen LogP contribution < -0.4 is 10.1 Å². The highest BCUT2D eigenvalue weighted by Gasteiger charge is 2.19. The summed E-state index contributed by atoms with van der Waals surface area (Å²) in [6.45, 7) is -1.27. The lowest BCUT2D eigenvalue weighted by Crippen LogP contribution is -2.33. The molecule has 2 aromatic carbocycles. The lowest BCUT2D eigenvalue weighted by molar-refractivity contribution is -0.0498. The van der Waals surface area contributed by atoms with Crippen molar-refractivity contribution in [1.82, 2.24) is 4.90 Å². The van der Waals surface area contributed by atoms with Crippen molar-refractivity contribution in [2.75, 3.05) is 12.4 Å². The van der Waals surface area contributed by atoms with E-state index in [2.05, 4.69) is 10.1 Å². The average molecular weight is 356 g/mol. The van der Waals surface area contributed by atoms with Gasteiger partial charge in [-0.05, 0) is 48.9 Å². The molecule has 25 heavy (non-hydrogen) atoms. The Morgan fingerprint density at radius 1 is 1.08 bits per heavy atom. The van der Waals surface area contributed by atoms with Crippen LogP contribution in [0.3, 0.4) is 0 Å². The molecule has 0 heterocycles. The largest absolute Gasteiger partial charge is 0.435 e. The van der Waals surface area contributed by atoms with Gasteiger partial charge >= 0.3 is 12.6 Å². The average Bonchev–Trinajstić information content (AvgIpc) is 2.57. The molecule has 0 saturated carbocycles. The summed E-state index contributed by atoms with van der Waals surface area (Å²) in [4.78, 5) is 13.5. The van der Waals surface area contributed by atoms with Gasteiger partial charge in [0.15, 0.2) is 11.6 Å².